The Balaban J connectivity index is 1.65. The average Bonchev–Trinajstić information content (AvgIpc) is 3.38. The number of benzene rings is 3. The Morgan fingerprint density at radius 1 is 0.979 bits per heavy atom. The number of carbonyl (C=O) groups excluding carboxylic acids is 2. The van der Waals surface area contributed by atoms with E-state index in [9.17, 15) is 41.1 Å². The van der Waals surface area contributed by atoms with Crippen molar-refractivity contribution in [3.05, 3.63) is 107 Å². The number of aliphatic carboxylic acids is 1. The molecule has 0 saturated carbocycles. The lowest BCUT2D eigenvalue weighted by atomic mass is 9.98. The zero-order valence-corrected chi connectivity index (χ0v) is 26.4. The normalized spacial score (nSPS) is 12.4. The van der Waals surface area contributed by atoms with E-state index < -0.39 is 52.0 Å². The molecule has 0 saturated heterocycles. The maximum absolute atomic E-state index is 13.6. The molecular weight excluding hydrogens is 637 g/mol. The van der Waals surface area contributed by atoms with Gasteiger partial charge in [-0.3, -0.25) is 19.1 Å². The molecule has 10 nitrogen and oxygen atoms in total. The first kappa shape index (κ1) is 34.9. The SMILES string of the molecule is CCCc1cc(C(=O)N[C@@H](CC(=O)O)Cc2ccccc2C(F)(F)F)nn1Cc1ccc(-c2ccccc2)c(S(=O)(=O)NC(C)=O)c1. The first-order valence-corrected chi connectivity index (χ1v) is 16.1. The monoisotopic (exact) mass is 670 g/mol. The molecule has 3 aromatic carbocycles. The predicted molar refractivity (Wildman–Crippen MR) is 167 cm³/mol. The van der Waals surface area contributed by atoms with E-state index in [4.69, 9.17) is 0 Å². The van der Waals surface area contributed by atoms with Crippen LogP contribution >= 0.6 is 0 Å². The van der Waals surface area contributed by atoms with Gasteiger partial charge in [0, 0.05) is 24.2 Å². The Hall–Kier alpha value is -4.98. The van der Waals surface area contributed by atoms with Gasteiger partial charge in [-0.2, -0.15) is 18.3 Å². The minimum absolute atomic E-state index is 0.0395. The van der Waals surface area contributed by atoms with Gasteiger partial charge in [-0.1, -0.05) is 74.0 Å². The molecule has 248 valence electrons. The summed E-state index contributed by atoms with van der Waals surface area (Å²) in [5.74, 6) is -2.84. The maximum atomic E-state index is 13.6. The second-order valence-electron chi connectivity index (χ2n) is 10.9. The number of carboxylic acid groups (broad SMARTS) is 1. The molecule has 3 N–H and O–H groups in total. The molecule has 4 aromatic rings. The lowest BCUT2D eigenvalue weighted by Crippen LogP contribution is -2.38. The summed E-state index contributed by atoms with van der Waals surface area (Å²) in [6.07, 6.45) is -4.52. The van der Waals surface area contributed by atoms with Crippen LogP contribution in [0.2, 0.25) is 0 Å². The van der Waals surface area contributed by atoms with E-state index in [1.54, 1.807) is 42.5 Å². The third kappa shape index (κ3) is 9.06. The number of carbonyl (C=O) groups is 3. The highest BCUT2D eigenvalue weighted by molar-refractivity contribution is 7.90. The molecule has 0 bridgehead atoms. The van der Waals surface area contributed by atoms with Gasteiger partial charge in [-0.25, -0.2) is 13.1 Å². The third-order valence-electron chi connectivity index (χ3n) is 7.18. The van der Waals surface area contributed by atoms with Crippen molar-refractivity contribution >= 4 is 27.8 Å². The number of aromatic nitrogens is 2. The molecule has 0 spiro atoms. The Labute approximate surface area is 269 Å². The van der Waals surface area contributed by atoms with Crippen LogP contribution < -0.4 is 10.0 Å². The van der Waals surface area contributed by atoms with Gasteiger partial charge >= 0.3 is 12.1 Å². The van der Waals surface area contributed by atoms with Crippen molar-refractivity contribution in [1.29, 1.82) is 0 Å². The van der Waals surface area contributed by atoms with Crippen LogP contribution in [0.3, 0.4) is 0 Å². The van der Waals surface area contributed by atoms with Crippen molar-refractivity contribution in [2.24, 2.45) is 0 Å². The predicted octanol–water partition coefficient (Wildman–Crippen LogP) is 5.21. The Kier molecular flexibility index (Phi) is 10.9. The van der Waals surface area contributed by atoms with Crippen LogP contribution in [-0.4, -0.2) is 47.1 Å². The molecule has 2 amide bonds. The van der Waals surface area contributed by atoms with Crippen LogP contribution in [0.1, 0.15) is 59.6 Å². The van der Waals surface area contributed by atoms with E-state index in [0.717, 1.165) is 13.0 Å². The van der Waals surface area contributed by atoms with Crippen molar-refractivity contribution in [2.45, 2.75) is 63.2 Å². The van der Waals surface area contributed by atoms with Gasteiger partial charge in [-0.15, -0.1) is 0 Å². The van der Waals surface area contributed by atoms with E-state index in [2.05, 4.69) is 10.4 Å². The highest BCUT2D eigenvalue weighted by atomic mass is 32.2. The number of aryl methyl sites for hydroxylation is 1. The molecule has 14 heteroatoms. The molecular formula is C33H33F3N4O6S. The average molecular weight is 671 g/mol. The van der Waals surface area contributed by atoms with Crippen molar-refractivity contribution in [2.75, 3.05) is 0 Å². The van der Waals surface area contributed by atoms with E-state index in [1.807, 2.05) is 11.6 Å². The molecule has 0 fully saturated rings. The lowest BCUT2D eigenvalue weighted by molar-refractivity contribution is -0.138. The molecule has 0 unspecified atom stereocenters. The number of amides is 2. The quantitative estimate of drug-likeness (QED) is 0.177. The van der Waals surface area contributed by atoms with E-state index in [0.29, 0.717) is 35.2 Å². The molecule has 0 aliphatic rings. The number of rotatable bonds is 13. The van der Waals surface area contributed by atoms with E-state index >= 15 is 0 Å². The van der Waals surface area contributed by atoms with Gasteiger partial charge in [0.15, 0.2) is 0 Å². The Morgan fingerprint density at radius 2 is 1.66 bits per heavy atom. The Morgan fingerprint density at radius 3 is 2.30 bits per heavy atom. The summed E-state index contributed by atoms with van der Waals surface area (Å²) in [6, 6.07) is 18.6. The van der Waals surface area contributed by atoms with Crippen molar-refractivity contribution in [3.63, 3.8) is 0 Å². The maximum Gasteiger partial charge on any atom is 0.416 e. The zero-order chi connectivity index (χ0) is 34.4. The fourth-order valence-electron chi connectivity index (χ4n) is 5.21. The van der Waals surface area contributed by atoms with Crippen molar-refractivity contribution in [1.82, 2.24) is 19.8 Å². The van der Waals surface area contributed by atoms with Crippen molar-refractivity contribution in [3.8, 4) is 11.1 Å². The molecule has 1 heterocycles. The highest BCUT2D eigenvalue weighted by Crippen LogP contribution is 2.33. The van der Waals surface area contributed by atoms with Crippen LogP contribution in [0, 0.1) is 0 Å². The van der Waals surface area contributed by atoms with Crippen LogP contribution in [0.4, 0.5) is 13.2 Å². The van der Waals surface area contributed by atoms with Crippen LogP contribution in [0.15, 0.2) is 83.8 Å². The second-order valence-corrected chi connectivity index (χ2v) is 12.6. The number of nitrogens with zero attached hydrogens (tertiary/aromatic N) is 2. The second kappa shape index (κ2) is 14.6. The third-order valence-corrected chi connectivity index (χ3v) is 8.65. The molecule has 0 aliphatic carbocycles. The summed E-state index contributed by atoms with van der Waals surface area (Å²) in [4.78, 5) is 36.4. The fraction of sp³-hybridized carbons (Fsp3) is 0.273. The number of carboxylic acids is 1. The molecule has 1 atom stereocenters. The van der Waals surface area contributed by atoms with Crippen molar-refractivity contribution < 1.29 is 41.1 Å². The number of hydrogen-bond donors (Lipinski definition) is 3. The number of nitrogens with one attached hydrogen (secondary N) is 2. The molecule has 1 aromatic heterocycles. The molecule has 0 radical (unpaired) electrons. The van der Waals surface area contributed by atoms with Crippen LogP contribution in [0.5, 0.6) is 0 Å². The minimum Gasteiger partial charge on any atom is -0.481 e. The molecule has 4 rings (SSSR count). The van der Waals surface area contributed by atoms with Crippen LogP contribution in [-0.2, 0) is 45.2 Å². The molecule has 0 aliphatic heterocycles. The van der Waals surface area contributed by atoms with Gasteiger partial charge < -0.3 is 10.4 Å². The number of hydrogen-bond acceptors (Lipinski definition) is 6. The fourth-order valence-corrected chi connectivity index (χ4v) is 6.48. The summed E-state index contributed by atoms with van der Waals surface area (Å²) in [5, 5.41) is 16.3. The van der Waals surface area contributed by atoms with E-state index in [1.165, 1.54) is 35.0 Å². The zero-order valence-electron chi connectivity index (χ0n) is 25.5. The highest BCUT2D eigenvalue weighted by Gasteiger charge is 2.34. The lowest BCUT2D eigenvalue weighted by Gasteiger charge is -2.19. The summed E-state index contributed by atoms with van der Waals surface area (Å²) in [6.45, 7) is 3.04. The number of sulfonamides is 1. The van der Waals surface area contributed by atoms with Gasteiger partial charge in [0.1, 0.15) is 5.69 Å². The first-order chi connectivity index (χ1) is 22.2. The van der Waals surface area contributed by atoms with Gasteiger partial charge in [0.05, 0.1) is 23.4 Å². The topological polar surface area (TPSA) is 147 Å². The smallest absolute Gasteiger partial charge is 0.416 e. The summed E-state index contributed by atoms with van der Waals surface area (Å²) in [5.41, 5.74) is 0.933. The van der Waals surface area contributed by atoms with Gasteiger partial charge in [0.25, 0.3) is 15.9 Å². The molecule has 47 heavy (non-hydrogen) atoms. The van der Waals surface area contributed by atoms with Crippen LogP contribution in [0.25, 0.3) is 11.1 Å². The minimum atomic E-state index is -4.66. The van der Waals surface area contributed by atoms with E-state index in [-0.39, 0.29) is 29.1 Å². The Bertz CT molecular complexity index is 1870. The summed E-state index contributed by atoms with van der Waals surface area (Å²) in [7, 11) is -4.26. The van der Waals surface area contributed by atoms with Gasteiger partial charge in [-0.05, 0) is 47.7 Å². The van der Waals surface area contributed by atoms with Gasteiger partial charge in [0.2, 0.25) is 5.91 Å². The standard InChI is InChI=1S/C33H33F3N4O6S/c1-3-9-26-19-29(32(44)37-25(18-31(42)43)17-24-12-7-8-13-28(24)33(34,35)36)38-40(26)20-22-14-15-27(23-10-5-4-6-11-23)30(16-22)47(45,46)39-21(2)41/h4-8,10-16,19,25H,3,9,17-18,20H2,1-2H3,(H,37,44)(H,39,41)(H,42,43)/t25-/m1/s1. The first-order valence-electron chi connectivity index (χ1n) is 14.6. The summed E-state index contributed by atoms with van der Waals surface area (Å²) >= 11 is 0. The number of halogens is 3. The summed E-state index contributed by atoms with van der Waals surface area (Å²) < 4.78 is 70.6. The largest absolute Gasteiger partial charge is 0.481 e. The number of alkyl halides is 3.